The molecule has 0 aromatic rings. The molecule has 0 bridgehead atoms. The van der Waals surface area contributed by atoms with Gasteiger partial charge in [-0.15, -0.1) is 0 Å². The molecule has 14 heavy (non-hydrogen) atoms. The highest BCUT2D eigenvalue weighted by atomic mass is 16.5. The minimum atomic E-state index is -0.0210. The average molecular weight is 197 g/mol. The lowest BCUT2D eigenvalue weighted by molar-refractivity contribution is -0.124. The Morgan fingerprint density at radius 1 is 1.36 bits per heavy atom. The average Bonchev–Trinajstić information content (AvgIpc) is 2.21. The number of nitrogens with zero attached hydrogens (tertiary/aromatic N) is 1. The molecule has 0 radical (unpaired) electrons. The highest BCUT2D eigenvalue weighted by molar-refractivity contribution is 5.86. The SMILES string of the molecule is C=COCCCCCN(C)C(=O)C=C. The first-order chi connectivity index (χ1) is 6.72. The Labute approximate surface area is 86.0 Å². The molecular weight excluding hydrogens is 178 g/mol. The first-order valence-corrected chi connectivity index (χ1v) is 4.82. The van der Waals surface area contributed by atoms with Crippen molar-refractivity contribution in [3.8, 4) is 0 Å². The van der Waals surface area contributed by atoms with Crippen LogP contribution in [-0.2, 0) is 9.53 Å². The number of likely N-dealkylation sites (N-methyl/N-ethyl adjacent to an activating group) is 1. The summed E-state index contributed by atoms with van der Waals surface area (Å²) in [6.07, 6.45) is 5.84. The minimum absolute atomic E-state index is 0.0210. The number of rotatable bonds is 8. The van der Waals surface area contributed by atoms with Crippen LogP contribution in [0.25, 0.3) is 0 Å². The predicted molar refractivity (Wildman–Crippen MR) is 57.8 cm³/mol. The Kier molecular flexibility index (Phi) is 7.61. The van der Waals surface area contributed by atoms with Crippen molar-refractivity contribution in [1.82, 2.24) is 4.90 Å². The topological polar surface area (TPSA) is 29.5 Å². The Hall–Kier alpha value is -1.25. The monoisotopic (exact) mass is 197 g/mol. The number of unbranched alkanes of at least 4 members (excludes halogenated alkanes) is 2. The van der Waals surface area contributed by atoms with Crippen LogP contribution < -0.4 is 0 Å². The van der Waals surface area contributed by atoms with Gasteiger partial charge in [0.1, 0.15) is 0 Å². The van der Waals surface area contributed by atoms with Crippen LogP contribution in [0.2, 0.25) is 0 Å². The molecule has 1 amide bonds. The van der Waals surface area contributed by atoms with Crippen molar-refractivity contribution in [3.05, 3.63) is 25.5 Å². The molecule has 80 valence electrons. The van der Waals surface area contributed by atoms with Crippen molar-refractivity contribution >= 4 is 5.91 Å². The lowest BCUT2D eigenvalue weighted by atomic mass is 10.2. The van der Waals surface area contributed by atoms with Gasteiger partial charge in [0.15, 0.2) is 0 Å². The van der Waals surface area contributed by atoms with Crippen LogP contribution in [0.5, 0.6) is 0 Å². The second-order valence-corrected chi connectivity index (χ2v) is 3.06. The van der Waals surface area contributed by atoms with Gasteiger partial charge in [-0.25, -0.2) is 0 Å². The zero-order chi connectivity index (χ0) is 10.8. The molecule has 0 atom stereocenters. The van der Waals surface area contributed by atoms with Crippen molar-refractivity contribution in [2.75, 3.05) is 20.2 Å². The van der Waals surface area contributed by atoms with E-state index in [-0.39, 0.29) is 5.91 Å². The van der Waals surface area contributed by atoms with E-state index in [0.29, 0.717) is 6.61 Å². The summed E-state index contributed by atoms with van der Waals surface area (Å²) in [4.78, 5) is 12.7. The number of amides is 1. The number of hydrogen-bond acceptors (Lipinski definition) is 2. The normalized spacial score (nSPS) is 9.21. The van der Waals surface area contributed by atoms with E-state index in [4.69, 9.17) is 4.74 Å². The van der Waals surface area contributed by atoms with E-state index in [9.17, 15) is 4.79 Å². The molecule has 0 rings (SSSR count). The van der Waals surface area contributed by atoms with Gasteiger partial charge in [-0.3, -0.25) is 4.79 Å². The van der Waals surface area contributed by atoms with Crippen LogP contribution in [0.1, 0.15) is 19.3 Å². The van der Waals surface area contributed by atoms with Crippen LogP contribution in [0.3, 0.4) is 0 Å². The Balaban J connectivity index is 3.31. The second-order valence-electron chi connectivity index (χ2n) is 3.06. The molecule has 0 aliphatic carbocycles. The van der Waals surface area contributed by atoms with Gasteiger partial charge in [0.25, 0.3) is 0 Å². The maximum Gasteiger partial charge on any atom is 0.245 e. The van der Waals surface area contributed by atoms with Crippen LogP contribution in [-0.4, -0.2) is 31.0 Å². The molecule has 0 N–H and O–H groups in total. The van der Waals surface area contributed by atoms with E-state index in [2.05, 4.69) is 13.2 Å². The number of carbonyl (C=O) groups excluding carboxylic acids is 1. The molecule has 0 unspecified atom stereocenters. The first-order valence-electron chi connectivity index (χ1n) is 4.82. The molecule has 0 fully saturated rings. The van der Waals surface area contributed by atoms with E-state index in [0.717, 1.165) is 25.8 Å². The molecule has 0 aromatic heterocycles. The maximum absolute atomic E-state index is 11.0. The van der Waals surface area contributed by atoms with E-state index in [1.807, 2.05) is 0 Å². The van der Waals surface area contributed by atoms with E-state index in [1.165, 1.54) is 12.3 Å². The quantitative estimate of drug-likeness (QED) is 0.338. The lowest BCUT2D eigenvalue weighted by Crippen LogP contribution is -2.25. The summed E-state index contributed by atoms with van der Waals surface area (Å²) >= 11 is 0. The van der Waals surface area contributed by atoms with E-state index >= 15 is 0 Å². The molecular formula is C11H19NO2. The third kappa shape index (κ3) is 6.29. The molecule has 0 aliphatic heterocycles. The van der Waals surface area contributed by atoms with Crippen LogP contribution in [0, 0.1) is 0 Å². The summed E-state index contributed by atoms with van der Waals surface area (Å²) in [5.41, 5.74) is 0. The molecule has 0 saturated heterocycles. The Morgan fingerprint density at radius 2 is 2.07 bits per heavy atom. The van der Waals surface area contributed by atoms with Crippen molar-refractivity contribution in [3.63, 3.8) is 0 Å². The van der Waals surface area contributed by atoms with Gasteiger partial charge in [0.2, 0.25) is 5.91 Å². The van der Waals surface area contributed by atoms with Crippen LogP contribution >= 0.6 is 0 Å². The largest absolute Gasteiger partial charge is 0.502 e. The van der Waals surface area contributed by atoms with Gasteiger partial charge in [0, 0.05) is 13.6 Å². The summed E-state index contributed by atoms with van der Waals surface area (Å²) in [7, 11) is 1.78. The summed E-state index contributed by atoms with van der Waals surface area (Å²) in [6, 6.07) is 0. The minimum Gasteiger partial charge on any atom is -0.502 e. The summed E-state index contributed by atoms with van der Waals surface area (Å²) < 4.78 is 4.98. The van der Waals surface area contributed by atoms with Gasteiger partial charge in [-0.05, 0) is 25.3 Å². The Morgan fingerprint density at radius 3 is 2.64 bits per heavy atom. The summed E-state index contributed by atoms with van der Waals surface area (Å²) in [5, 5.41) is 0. The molecule has 0 aliphatic rings. The fraction of sp³-hybridized carbons (Fsp3) is 0.545. The van der Waals surface area contributed by atoms with Crippen molar-refractivity contribution in [2.24, 2.45) is 0 Å². The fourth-order valence-electron chi connectivity index (χ4n) is 1.06. The number of carbonyl (C=O) groups is 1. The second kappa shape index (κ2) is 8.35. The predicted octanol–water partition coefficient (Wildman–Crippen LogP) is 1.96. The van der Waals surface area contributed by atoms with Gasteiger partial charge >= 0.3 is 0 Å². The Bertz CT molecular complexity index is 190. The third-order valence-corrected chi connectivity index (χ3v) is 1.92. The van der Waals surface area contributed by atoms with E-state index < -0.39 is 0 Å². The smallest absolute Gasteiger partial charge is 0.245 e. The van der Waals surface area contributed by atoms with Crippen LogP contribution in [0.15, 0.2) is 25.5 Å². The van der Waals surface area contributed by atoms with Gasteiger partial charge in [-0.1, -0.05) is 13.2 Å². The zero-order valence-corrected chi connectivity index (χ0v) is 8.87. The number of hydrogen-bond donors (Lipinski definition) is 0. The van der Waals surface area contributed by atoms with Gasteiger partial charge < -0.3 is 9.64 Å². The molecule has 0 heterocycles. The van der Waals surface area contributed by atoms with E-state index in [1.54, 1.807) is 11.9 Å². The molecule has 0 saturated carbocycles. The fourth-order valence-corrected chi connectivity index (χ4v) is 1.06. The molecule has 0 aromatic carbocycles. The van der Waals surface area contributed by atoms with Crippen LogP contribution in [0.4, 0.5) is 0 Å². The van der Waals surface area contributed by atoms with Crippen molar-refractivity contribution in [1.29, 1.82) is 0 Å². The number of ether oxygens (including phenoxy) is 1. The molecule has 0 spiro atoms. The summed E-state index contributed by atoms with van der Waals surface area (Å²) in [5.74, 6) is -0.0210. The highest BCUT2D eigenvalue weighted by Gasteiger charge is 2.02. The zero-order valence-electron chi connectivity index (χ0n) is 8.87. The summed E-state index contributed by atoms with van der Waals surface area (Å²) in [6.45, 7) is 8.37. The molecule has 3 heteroatoms. The van der Waals surface area contributed by atoms with Crippen molar-refractivity contribution < 1.29 is 9.53 Å². The maximum atomic E-state index is 11.0. The highest BCUT2D eigenvalue weighted by Crippen LogP contribution is 1.98. The van der Waals surface area contributed by atoms with Gasteiger partial charge in [-0.2, -0.15) is 0 Å². The molecule has 3 nitrogen and oxygen atoms in total. The van der Waals surface area contributed by atoms with Crippen molar-refractivity contribution in [2.45, 2.75) is 19.3 Å². The third-order valence-electron chi connectivity index (χ3n) is 1.92. The standard InChI is InChI=1S/C11H19NO2/c1-4-11(13)12(3)9-7-6-8-10-14-5-2/h4-5H,1-2,6-10H2,3H3. The first kappa shape index (κ1) is 12.8. The lowest BCUT2D eigenvalue weighted by Gasteiger charge is -2.14. The van der Waals surface area contributed by atoms with Gasteiger partial charge in [0.05, 0.1) is 12.9 Å².